The Balaban J connectivity index is 0.000000318. The zero-order valence-electron chi connectivity index (χ0n) is 15.7. The molecular formula is C19H20F4N2O5. The highest BCUT2D eigenvalue weighted by atomic mass is 19.4. The van der Waals surface area contributed by atoms with Gasteiger partial charge in [0.15, 0.2) is 5.82 Å². The molecule has 2 fully saturated rings. The summed E-state index contributed by atoms with van der Waals surface area (Å²) in [5.74, 6) is -3.14. The summed E-state index contributed by atoms with van der Waals surface area (Å²) in [7, 11) is 0. The second-order valence-corrected chi connectivity index (χ2v) is 6.86. The van der Waals surface area contributed by atoms with Crippen LogP contribution in [0.15, 0.2) is 41.3 Å². The highest BCUT2D eigenvalue weighted by molar-refractivity contribution is 5.73. The van der Waals surface area contributed by atoms with Gasteiger partial charge < -0.3 is 19.0 Å². The van der Waals surface area contributed by atoms with Gasteiger partial charge in [-0.2, -0.15) is 13.2 Å². The third kappa shape index (κ3) is 5.48. The third-order valence-corrected chi connectivity index (χ3v) is 4.78. The van der Waals surface area contributed by atoms with Crippen LogP contribution in [0.1, 0.15) is 18.4 Å². The number of aromatic nitrogens is 1. The van der Waals surface area contributed by atoms with Crippen LogP contribution in [-0.2, 0) is 16.1 Å². The second-order valence-electron chi connectivity index (χ2n) is 6.86. The van der Waals surface area contributed by atoms with Crippen LogP contribution in [0.4, 0.5) is 17.6 Å². The first kappa shape index (κ1) is 22.0. The Labute approximate surface area is 169 Å². The number of fused-ring (bicyclic) bond motifs is 1. The van der Waals surface area contributed by atoms with Gasteiger partial charge in [-0.25, -0.2) is 14.2 Å². The Kier molecular flexibility index (Phi) is 6.93. The Morgan fingerprint density at radius 1 is 1.37 bits per heavy atom. The zero-order chi connectivity index (χ0) is 21.7. The van der Waals surface area contributed by atoms with E-state index in [-0.39, 0.29) is 24.1 Å². The lowest BCUT2D eigenvalue weighted by Gasteiger charge is -2.32. The number of hydrogen-bond donors (Lipinski definition) is 1. The number of carbonyl (C=O) groups is 1. The summed E-state index contributed by atoms with van der Waals surface area (Å²) in [4.78, 5) is 15.2. The maximum absolute atomic E-state index is 13.8. The van der Waals surface area contributed by atoms with Crippen molar-refractivity contribution in [3.63, 3.8) is 0 Å². The minimum atomic E-state index is -5.08. The molecule has 2 aromatic heterocycles. The molecule has 0 amide bonds. The summed E-state index contributed by atoms with van der Waals surface area (Å²) >= 11 is 0. The lowest BCUT2D eigenvalue weighted by atomic mass is 10.0. The maximum Gasteiger partial charge on any atom is 0.490 e. The van der Waals surface area contributed by atoms with Gasteiger partial charge in [-0.15, -0.1) is 0 Å². The number of carboxylic acids is 1. The largest absolute Gasteiger partial charge is 0.490 e. The average Bonchev–Trinajstić information content (AvgIpc) is 3.33. The van der Waals surface area contributed by atoms with Crippen molar-refractivity contribution in [3.05, 3.63) is 48.3 Å². The molecule has 1 N–H and O–H groups in total. The number of alkyl halides is 3. The number of aliphatic carboxylic acids is 1. The SMILES string of the molecule is Fc1cccnc1O[C@H]1CN(Cc2ccoc2)[C@@H]2CCCO[C@H]12.O=C(O)C(F)(F)F. The molecule has 0 saturated carbocycles. The monoisotopic (exact) mass is 432 g/mol. The lowest BCUT2D eigenvalue weighted by molar-refractivity contribution is -0.192. The fourth-order valence-electron chi connectivity index (χ4n) is 3.51. The van der Waals surface area contributed by atoms with Gasteiger partial charge in [0.1, 0.15) is 12.2 Å². The van der Waals surface area contributed by atoms with E-state index in [0.29, 0.717) is 6.54 Å². The van der Waals surface area contributed by atoms with Gasteiger partial charge in [0.05, 0.1) is 12.5 Å². The first-order valence-corrected chi connectivity index (χ1v) is 9.19. The number of hydrogen-bond acceptors (Lipinski definition) is 6. The molecule has 7 nitrogen and oxygen atoms in total. The fraction of sp³-hybridized carbons (Fsp3) is 0.474. The van der Waals surface area contributed by atoms with E-state index in [2.05, 4.69) is 9.88 Å². The molecule has 0 radical (unpaired) electrons. The van der Waals surface area contributed by atoms with Crippen LogP contribution >= 0.6 is 0 Å². The van der Waals surface area contributed by atoms with Crippen molar-refractivity contribution >= 4 is 5.97 Å². The van der Waals surface area contributed by atoms with Gasteiger partial charge in [0.2, 0.25) is 0 Å². The number of likely N-dealkylation sites (tertiary alicyclic amines) is 1. The fourth-order valence-corrected chi connectivity index (χ4v) is 3.51. The van der Waals surface area contributed by atoms with Gasteiger partial charge in [0, 0.05) is 37.5 Å². The molecule has 164 valence electrons. The van der Waals surface area contributed by atoms with Crippen molar-refractivity contribution in [2.45, 2.75) is 43.8 Å². The number of halogens is 4. The van der Waals surface area contributed by atoms with Gasteiger partial charge in [-0.3, -0.25) is 4.90 Å². The maximum atomic E-state index is 13.8. The normalized spacial score (nSPS) is 23.9. The number of pyridine rings is 1. The van der Waals surface area contributed by atoms with Crippen molar-refractivity contribution in [1.82, 2.24) is 9.88 Å². The molecular weight excluding hydrogens is 412 g/mol. The Bertz CT molecular complexity index is 831. The van der Waals surface area contributed by atoms with Crippen molar-refractivity contribution < 1.29 is 41.4 Å². The first-order valence-electron chi connectivity index (χ1n) is 9.19. The van der Waals surface area contributed by atoms with Crippen LogP contribution in [0.3, 0.4) is 0 Å². The molecule has 3 atom stereocenters. The standard InChI is InChI=1S/C17H19FN2O3.C2HF3O2/c18-13-3-1-6-19-17(13)23-15-10-20(9-12-5-8-21-11-12)14-4-2-7-22-16(14)15;3-2(4,5)1(6)7/h1,3,5-6,8,11,14-16H,2,4,7,9-10H2;(H,6,7)/t14-,15+,16+;/m1./s1. The van der Waals surface area contributed by atoms with Crippen LogP contribution in [0.5, 0.6) is 5.88 Å². The lowest BCUT2D eigenvalue weighted by Crippen LogP contribution is -2.42. The quantitative estimate of drug-likeness (QED) is 0.743. The summed E-state index contributed by atoms with van der Waals surface area (Å²) in [6.07, 6.45) is 1.73. The minimum Gasteiger partial charge on any atom is -0.475 e. The topological polar surface area (TPSA) is 85.0 Å². The number of furan rings is 1. The Hall–Kier alpha value is -2.66. The van der Waals surface area contributed by atoms with Gasteiger partial charge in [-0.05, 0) is 31.0 Å². The summed E-state index contributed by atoms with van der Waals surface area (Å²) in [5, 5.41) is 7.12. The van der Waals surface area contributed by atoms with Gasteiger partial charge in [-0.1, -0.05) is 0 Å². The van der Waals surface area contributed by atoms with E-state index in [1.807, 2.05) is 6.07 Å². The molecule has 0 aliphatic carbocycles. The van der Waals surface area contributed by atoms with E-state index in [0.717, 1.165) is 31.6 Å². The first-order chi connectivity index (χ1) is 14.3. The molecule has 2 aliphatic heterocycles. The summed E-state index contributed by atoms with van der Waals surface area (Å²) in [6, 6.07) is 5.17. The van der Waals surface area contributed by atoms with Crippen LogP contribution in [0, 0.1) is 5.82 Å². The summed E-state index contributed by atoms with van der Waals surface area (Å²) in [5.41, 5.74) is 1.12. The molecule has 0 bridgehead atoms. The highest BCUT2D eigenvalue weighted by Crippen LogP contribution is 2.32. The van der Waals surface area contributed by atoms with E-state index in [9.17, 15) is 17.6 Å². The van der Waals surface area contributed by atoms with Crippen LogP contribution in [0.2, 0.25) is 0 Å². The molecule has 0 spiro atoms. The number of rotatable bonds is 4. The van der Waals surface area contributed by atoms with Crippen molar-refractivity contribution in [2.24, 2.45) is 0 Å². The van der Waals surface area contributed by atoms with Gasteiger partial charge >= 0.3 is 12.1 Å². The predicted octanol–water partition coefficient (Wildman–Crippen LogP) is 3.26. The Morgan fingerprint density at radius 3 is 2.77 bits per heavy atom. The molecule has 30 heavy (non-hydrogen) atoms. The number of carboxylic acid groups (broad SMARTS) is 1. The molecule has 4 heterocycles. The van der Waals surface area contributed by atoms with Crippen molar-refractivity contribution in [1.29, 1.82) is 0 Å². The molecule has 2 aromatic rings. The van der Waals surface area contributed by atoms with Crippen molar-refractivity contribution in [2.75, 3.05) is 13.2 Å². The van der Waals surface area contributed by atoms with E-state index in [1.54, 1.807) is 18.6 Å². The summed E-state index contributed by atoms with van der Waals surface area (Å²) < 4.78 is 62.5. The smallest absolute Gasteiger partial charge is 0.475 e. The molecule has 0 unspecified atom stereocenters. The van der Waals surface area contributed by atoms with Crippen LogP contribution < -0.4 is 4.74 Å². The van der Waals surface area contributed by atoms with Crippen molar-refractivity contribution in [3.8, 4) is 5.88 Å². The van der Waals surface area contributed by atoms with E-state index in [1.165, 1.54) is 12.3 Å². The van der Waals surface area contributed by atoms with E-state index < -0.39 is 18.0 Å². The van der Waals surface area contributed by atoms with Crippen LogP contribution in [-0.4, -0.2) is 58.5 Å². The van der Waals surface area contributed by atoms with Gasteiger partial charge in [0.25, 0.3) is 5.88 Å². The summed E-state index contributed by atoms with van der Waals surface area (Å²) in [6.45, 7) is 2.20. The zero-order valence-corrected chi connectivity index (χ0v) is 15.7. The van der Waals surface area contributed by atoms with E-state index in [4.69, 9.17) is 23.8 Å². The molecule has 4 rings (SSSR count). The highest BCUT2D eigenvalue weighted by Gasteiger charge is 2.45. The third-order valence-electron chi connectivity index (χ3n) is 4.78. The molecule has 2 aliphatic rings. The molecule has 11 heteroatoms. The molecule has 2 saturated heterocycles. The predicted molar refractivity (Wildman–Crippen MR) is 94.2 cm³/mol. The number of ether oxygens (including phenoxy) is 2. The average molecular weight is 432 g/mol. The van der Waals surface area contributed by atoms with Crippen LogP contribution in [0.25, 0.3) is 0 Å². The number of nitrogens with zero attached hydrogens (tertiary/aromatic N) is 2. The minimum absolute atomic E-state index is 0.0444. The van der Waals surface area contributed by atoms with E-state index >= 15 is 0 Å². The Morgan fingerprint density at radius 2 is 2.13 bits per heavy atom. The second kappa shape index (κ2) is 9.43. The molecule has 0 aromatic carbocycles.